The Morgan fingerprint density at radius 3 is 2.17 bits per heavy atom. The molecular weight excluding hydrogens is 390 g/mol. The molecule has 0 fully saturated rings. The Morgan fingerprint density at radius 2 is 1.57 bits per heavy atom. The monoisotopic (exact) mass is 413 g/mol. The number of hydrogen-bond acceptors (Lipinski definition) is 6. The van der Waals surface area contributed by atoms with Crippen molar-refractivity contribution >= 4 is 17.7 Å². The highest BCUT2D eigenvalue weighted by atomic mass is 16.6. The lowest BCUT2D eigenvalue weighted by molar-refractivity contribution is -0.148. The zero-order chi connectivity index (χ0) is 21.9. The molecule has 0 radical (unpaired) electrons. The fourth-order valence-electron chi connectivity index (χ4n) is 3.18. The number of nitrogens with zero attached hydrogens (tertiary/aromatic N) is 1. The minimum Gasteiger partial charge on any atom is -0.486 e. The average Bonchev–Trinajstić information content (AvgIpc) is 2.81. The number of hydroxylamine groups is 1. The van der Waals surface area contributed by atoms with E-state index in [-0.39, 0.29) is 5.56 Å². The van der Waals surface area contributed by atoms with Crippen LogP contribution >= 0.6 is 0 Å². The van der Waals surface area contributed by atoms with Crippen LogP contribution in [0.2, 0.25) is 0 Å². The van der Waals surface area contributed by atoms with E-state index in [9.17, 15) is 14.4 Å². The van der Waals surface area contributed by atoms with Crippen LogP contribution in [-0.2, 0) is 9.59 Å². The number of carbonyl (C=O) groups is 3. The minimum absolute atomic E-state index is 0.277. The van der Waals surface area contributed by atoms with Crippen LogP contribution in [0.4, 0.5) is 0 Å². The van der Waals surface area contributed by atoms with Crippen LogP contribution in [0.5, 0.6) is 11.5 Å². The number of ether oxygens (including phenoxy) is 2. The van der Waals surface area contributed by atoms with Crippen LogP contribution in [0.1, 0.15) is 17.3 Å². The van der Waals surface area contributed by atoms with Crippen LogP contribution < -0.4 is 20.3 Å². The summed E-state index contributed by atoms with van der Waals surface area (Å²) in [6.45, 7) is 2.25. The summed E-state index contributed by atoms with van der Waals surface area (Å²) in [5.74, 6) is -0.967. The fraction of sp³-hybridized carbons (Fsp3) is 0.286. The highest BCUT2D eigenvalue weighted by molar-refractivity contribution is 6.12. The molecule has 0 aromatic heterocycles. The molecule has 0 spiro atoms. The number of carbonyl (C=O) groups excluding carboxylic acids is 3. The predicted octanol–water partition coefficient (Wildman–Crippen LogP) is 1.21. The summed E-state index contributed by atoms with van der Waals surface area (Å²) in [4.78, 5) is 38.3. The molecule has 1 heterocycles. The van der Waals surface area contributed by atoms with Crippen LogP contribution in [0, 0.1) is 0 Å². The maximum absolute atomic E-state index is 12.9. The summed E-state index contributed by atoms with van der Waals surface area (Å²) in [6.07, 6.45) is 0. The smallest absolute Gasteiger partial charge is 0.278 e. The van der Waals surface area contributed by atoms with E-state index in [1.165, 1.54) is 26.5 Å². The number of benzene rings is 2. The van der Waals surface area contributed by atoms with Gasteiger partial charge in [-0.2, -0.15) is 0 Å². The molecule has 158 valence electrons. The summed E-state index contributed by atoms with van der Waals surface area (Å²) in [5, 5.41) is 11.4. The second-order valence-corrected chi connectivity index (χ2v) is 6.89. The van der Waals surface area contributed by atoms with Gasteiger partial charge in [-0.1, -0.05) is 18.2 Å². The largest absolute Gasteiger partial charge is 0.486 e. The van der Waals surface area contributed by atoms with E-state index in [2.05, 4.69) is 5.32 Å². The summed E-state index contributed by atoms with van der Waals surface area (Å²) in [5.41, 5.74) is 1.54. The molecule has 0 saturated heterocycles. The Bertz CT molecular complexity index is 957. The fourth-order valence-corrected chi connectivity index (χ4v) is 3.18. The Morgan fingerprint density at radius 1 is 0.967 bits per heavy atom. The van der Waals surface area contributed by atoms with E-state index in [4.69, 9.17) is 14.7 Å². The van der Waals surface area contributed by atoms with Gasteiger partial charge in [0.1, 0.15) is 13.2 Å². The zero-order valence-electron chi connectivity index (χ0n) is 16.9. The van der Waals surface area contributed by atoms with Crippen molar-refractivity contribution in [1.29, 1.82) is 0 Å². The van der Waals surface area contributed by atoms with Crippen molar-refractivity contribution < 1.29 is 29.1 Å². The maximum Gasteiger partial charge on any atom is 0.278 e. The van der Waals surface area contributed by atoms with Gasteiger partial charge >= 0.3 is 0 Å². The van der Waals surface area contributed by atoms with E-state index in [1.807, 2.05) is 18.2 Å². The number of rotatable bonds is 5. The van der Waals surface area contributed by atoms with Crippen molar-refractivity contribution in [3.8, 4) is 22.6 Å². The van der Waals surface area contributed by atoms with E-state index in [1.54, 1.807) is 24.3 Å². The van der Waals surface area contributed by atoms with E-state index < -0.39 is 23.3 Å². The summed E-state index contributed by atoms with van der Waals surface area (Å²) < 4.78 is 11.1. The highest BCUT2D eigenvalue weighted by Gasteiger charge is 2.47. The summed E-state index contributed by atoms with van der Waals surface area (Å²) >= 11 is 0. The van der Waals surface area contributed by atoms with Gasteiger partial charge in [0.25, 0.3) is 17.7 Å². The van der Waals surface area contributed by atoms with E-state index in [0.717, 1.165) is 16.0 Å². The topological polar surface area (TPSA) is 117 Å². The lowest BCUT2D eigenvalue weighted by atomic mass is 9.96. The third kappa shape index (κ3) is 3.67. The van der Waals surface area contributed by atoms with Crippen molar-refractivity contribution in [2.24, 2.45) is 0 Å². The summed E-state index contributed by atoms with van der Waals surface area (Å²) in [7, 11) is 2.66. The number of hydrogen-bond donors (Lipinski definition) is 3. The first-order chi connectivity index (χ1) is 14.3. The molecule has 3 amide bonds. The SMILES string of the molecule is CNC(=O)[C@@](C)(C(=O)NO)N(C)C(=O)c1ccc(-c2ccc3c(c2)OCCO3)cc1. The zero-order valence-corrected chi connectivity index (χ0v) is 16.9. The van der Waals surface area contributed by atoms with Gasteiger partial charge in [0.05, 0.1) is 0 Å². The molecule has 3 rings (SSSR count). The Balaban J connectivity index is 1.85. The van der Waals surface area contributed by atoms with Gasteiger partial charge in [-0.25, -0.2) is 5.48 Å². The van der Waals surface area contributed by atoms with Gasteiger partial charge in [-0.3, -0.25) is 19.6 Å². The molecule has 1 atom stereocenters. The average molecular weight is 413 g/mol. The Kier molecular flexibility index (Phi) is 5.93. The standard InChI is InChI=1S/C21H23N3O6/c1-21(19(26)22-2,20(27)23-28)24(3)18(25)14-6-4-13(5-7-14)15-8-9-16-17(12-15)30-11-10-29-16/h4-9,12,28H,10-11H2,1-3H3,(H,22,26)(H,23,27)/t21-/m0/s1. The van der Waals surface area contributed by atoms with Crippen LogP contribution in [0.15, 0.2) is 42.5 Å². The molecule has 1 aliphatic heterocycles. The first kappa shape index (κ1) is 21.1. The molecule has 3 N–H and O–H groups in total. The molecule has 2 aromatic rings. The van der Waals surface area contributed by atoms with Crippen molar-refractivity contribution in [2.75, 3.05) is 27.3 Å². The van der Waals surface area contributed by atoms with Gasteiger partial charge in [0.15, 0.2) is 17.0 Å². The highest BCUT2D eigenvalue weighted by Crippen LogP contribution is 2.34. The lowest BCUT2D eigenvalue weighted by Gasteiger charge is -2.34. The Hall–Kier alpha value is -3.59. The van der Waals surface area contributed by atoms with Crippen molar-refractivity contribution in [3.63, 3.8) is 0 Å². The molecule has 30 heavy (non-hydrogen) atoms. The van der Waals surface area contributed by atoms with Crippen molar-refractivity contribution in [1.82, 2.24) is 15.7 Å². The summed E-state index contributed by atoms with van der Waals surface area (Å²) in [6, 6.07) is 12.3. The van der Waals surface area contributed by atoms with Crippen LogP contribution in [-0.4, -0.2) is 60.7 Å². The molecule has 0 bridgehead atoms. The first-order valence-electron chi connectivity index (χ1n) is 9.28. The number of likely N-dealkylation sites (N-methyl/N-ethyl adjacent to an activating group) is 2. The van der Waals surface area contributed by atoms with E-state index in [0.29, 0.717) is 24.7 Å². The predicted molar refractivity (Wildman–Crippen MR) is 107 cm³/mol. The van der Waals surface area contributed by atoms with Gasteiger partial charge < -0.3 is 19.7 Å². The third-order valence-electron chi connectivity index (χ3n) is 5.20. The molecule has 0 saturated carbocycles. The normalized spacial score (nSPS) is 14.3. The number of fused-ring (bicyclic) bond motifs is 1. The number of nitrogens with one attached hydrogen (secondary N) is 2. The molecule has 9 nitrogen and oxygen atoms in total. The Labute approximate surface area is 173 Å². The van der Waals surface area contributed by atoms with Gasteiger partial charge in [0, 0.05) is 19.7 Å². The van der Waals surface area contributed by atoms with Crippen LogP contribution in [0.3, 0.4) is 0 Å². The van der Waals surface area contributed by atoms with Crippen LogP contribution in [0.25, 0.3) is 11.1 Å². The maximum atomic E-state index is 12.9. The second-order valence-electron chi connectivity index (χ2n) is 6.89. The van der Waals surface area contributed by atoms with Crippen molar-refractivity contribution in [2.45, 2.75) is 12.5 Å². The molecule has 9 heteroatoms. The number of amides is 3. The molecule has 1 aliphatic rings. The lowest BCUT2D eigenvalue weighted by Crippen LogP contribution is -2.64. The molecular formula is C21H23N3O6. The quantitative estimate of drug-likeness (QED) is 0.385. The van der Waals surface area contributed by atoms with Gasteiger partial charge in [-0.05, 0) is 42.3 Å². The second kappa shape index (κ2) is 8.42. The van der Waals surface area contributed by atoms with E-state index >= 15 is 0 Å². The third-order valence-corrected chi connectivity index (χ3v) is 5.20. The minimum atomic E-state index is -1.94. The van der Waals surface area contributed by atoms with Crippen molar-refractivity contribution in [3.05, 3.63) is 48.0 Å². The molecule has 0 unspecified atom stereocenters. The molecule has 0 aliphatic carbocycles. The molecule has 2 aromatic carbocycles. The van der Waals surface area contributed by atoms with Gasteiger partial charge in [0.2, 0.25) is 0 Å². The van der Waals surface area contributed by atoms with Gasteiger partial charge in [-0.15, -0.1) is 0 Å². The first-order valence-corrected chi connectivity index (χ1v) is 9.28.